The van der Waals surface area contributed by atoms with Crippen molar-refractivity contribution in [3.63, 3.8) is 0 Å². The van der Waals surface area contributed by atoms with Gasteiger partial charge < -0.3 is 10.2 Å². The molecule has 0 bridgehead atoms. The number of hydrogen-bond donors (Lipinski definition) is 1. The van der Waals surface area contributed by atoms with Crippen molar-refractivity contribution < 1.29 is 18.0 Å². The van der Waals surface area contributed by atoms with Crippen LogP contribution in [-0.2, 0) is 11.0 Å². The Balaban J connectivity index is 1.66. The topological polar surface area (TPSA) is 69.0 Å². The molecule has 1 amide bonds. The minimum absolute atomic E-state index is 0.201. The number of carbonyl (C=O) groups excluding carboxylic acids is 1. The molecule has 0 radical (unpaired) electrons. The average Bonchev–Trinajstić information content (AvgIpc) is 2.79. The number of benzene rings is 1. The standard InChI is InChI=1S/C23H25F3N4OS/c1-3-15(2)32-18-5-6-20(19(12-18)23(24,25)26)29-22(31)17-8-10-30(11-9-17)21-7-4-16(13-27)14-28-21/h4-7,12,14-15,17H,3,8-11H2,1-2H3,(H,29,31)/t15-/m0/s1. The zero-order chi connectivity index (χ0) is 23.3. The molecule has 2 aromatic rings. The Labute approximate surface area is 190 Å². The van der Waals surface area contributed by atoms with Gasteiger partial charge in [0.05, 0.1) is 16.8 Å². The monoisotopic (exact) mass is 462 g/mol. The van der Waals surface area contributed by atoms with Crippen LogP contribution in [0.1, 0.15) is 44.2 Å². The van der Waals surface area contributed by atoms with E-state index in [0.717, 1.165) is 18.3 Å². The lowest BCUT2D eigenvalue weighted by molar-refractivity contribution is -0.137. The van der Waals surface area contributed by atoms with Crippen LogP contribution in [0.3, 0.4) is 0 Å². The number of rotatable bonds is 6. The molecular formula is C23H25F3N4OS. The number of halogens is 3. The van der Waals surface area contributed by atoms with Gasteiger partial charge in [-0.25, -0.2) is 4.98 Å². The van der Waals surface area contributed by atoms with E-state index >= 15 is 0 Å². The van der Waals surface area contributed by atoms with Gasteiger partial charge in [-0.15, -0.1) is 11.8 Å². The van der Waals surface area contributed by atoms with Crippen molar-refractivity contribution >= 4 is 29.2 Å². The molecular weight excluding hydrogens is 437 g/mol. The molecule has 0 saturated carbocycles. The summed E-state index contributed by atoms with van der Waals surface area (Å²) >= 11 is 1.39. The fraction of sp³-hybridized carbons (Fsp3) is 0.435. The van der Waals surface area contributed by atoms with E-state index < -0.39 is 17.6 Å². The van der Waals surface area contributed by atoms with Crippen molar-refractivity contribution in [1.29, 1.82) is 5.26 Å². The molecule has 0 spiro atoms. The summed E-state index contributed by atoms with van der Waals surface area (Å²) in [5.74, 6) is -0.0539. The van der Waals surface area contributed by atoms with Gasteiger partial charge in [0, 0.05) is 35.3 Å². The van der Waals surface area contributed by atoms with Gasteiger partial charge in [-0.1, -0.05) is 13.8 Å². The van der Waals surface area contributed by atoms with E-state index in [9.17, 15) is 18.0 Å². The number of nitrogens with zero attached hydrogens (tertiary/aromatic N) is 3. The highest BCUT2D eigenvalue weighted by atomic mass is 32.2. The van der Waals surface area contributed by atoms with Crippen molar-refractivity contribution in [3.8, 4) is 6.07 Å². The zero-order valence-electron chi connectivity index (χ0n) is 17.9. The van der Waals surface area contributed by atoms with E-state index in [1.807, 2.05) is 24.8 Å². The van der Waals surface area contributed by atoms with Crippen LogP contribution in [0, 0.1) is 17.2 Å². The SMILES string of the molecule is CC[C@H](C)Sc1ccc(NC(=O)C2CCN(c3ccc(C#N)cn3)CC2)c(C(F)(F)F)c1. The van der Waals surface area contributed by atoms with Crippen molar-refractivity contribution in [2.75, 3.05) is 23.3 Å². The number of hydrogen-bond acceptors (Lipinski definition) is 5. The Morgan fingerprint density at radius 1 is 1.31 bits per heavy atom. The quantitative estimate of drug-likeness (QED) is 0.556. The van der Waals surface area contributed by atoms with E-state index in [2.05, 4.69) is 10.3 Å². The molecule has 0 unspecified atom stereocenters. The normalized spacial score (nSPS) is 15.8. The number of nitrogens with one attached hydrogen (secondary N) is 1. The van der Waals surface area contributed by atoms with Gasteiger partial charge in [0.15, 0.2) is 0 Å². The Bertz CT molecular complexity index is 980. The summed E-state index contributed by atoms with van der Waals surface area (Å²) in [5.41, 5.74) is -0.553. The fourth-order valence-electron chi connectivity index (χ4n) is 3.50. The number of piperidine rings is 1. The van der Waals surface area contributed by atoms with Crippen molar-refractivity contribution in [2.24, 2.45) is 5.92 Å². The number of anilines is 2. The van der Waals surface area contributed by atoms with E-state index in [1.54, 1.807) is 18.2 Å². The molecule has 1 aromatic heterocycles. The Morgan fingerprint density at radius 2 is 2.03 bits per heavy atom. The Hall–Kier alpha value is -2.73. The van der Waals surface area contributed by atoms with E-state index in [0.29, 0.717) is 36.4 Å². The zero-order valence-corrected chi connectivity index (χ0v) is 18.8. The third-order valence-electron chi connectivity index (χ3n) is 5.53. The first-order valence-electron chi connectivity index (χ1n) is 10.5. The van der Waals surface area contributed by atoms with Crippen LogP contribution in [0.25, 0.3) is 0 Å². The van der Waals surface area contributed by atoms with Crippen LogP contribution in [0.15, 0.2) is 41.4 Å². The third kappa shape index (κ3) is 5.94. The highest BCUT2D eigenvalue weighted by molar-refractivity contribution is 7.99. The van der Waals surface area contributed by atoms with Crippen molar-refractivity contribution in [3.05, 3.63) is 47.7 Å². The summed E-state index contributed by atoms with van der Waals surface area (Å²) in [6.45, 7) is 5.08. The number of amides is 1. The van der Waals surface area contributed by atoms with Gasteiger partial charge in [0.2, 0.25) is 5.91 Å². The molecule has 1 saturated heterocycles. The molecule has 1 N–H and O–H groups in total. The molecule has 5 nitrogen and oxygen atoms in total. The van der Waals surface area contributed by atoms with E-state index in [-0.39, 0.29) is 16.9 Å². The number of aromatic nitrogens is 1. The van der Waals surface area contributed by atoms with Gasteiger partial charge in [-0.2, -0.15) is 18.4 Å². The van der Waals surface area contributed by atoms with Crippen LogP contribution in [0.2, 0.25) is 0 Å². The first-order chi connectivity index (χ1) is 15.2. The first kappa shape index (κ1) is 23.9. The van der Waals surface area contributed by atoms with Crippen molar-refractivity contribution in [1.82, 2.24) is 4.98 Å². The lowest BCUT2D eigenvalue weighted by Crippen LogP contribution is -2.38. The number of pyridine rings is 1. The molecule has 1 aromatic carbocycles. The van der Waals surface area contributed by atoms with E-state index in [4.69, 9.17) is 5.26 Å². The summed E-state index contributed by atoms with van der Waals surface area (Å²) in [6, 6.07) is 9.55. The summed E-state index contributed by atoms with van der Waals surface area (Å²) in [5, 5.41) is 11.6. The Morgan fingerprint density at radius 3 is 2.59 bits per heavy atom. The average molecular weight is 463 g/mol. The second kappa shape index (κ2) is 10.3. The predicted molar refractivity (Wildman–Crippen MR) is 120 cm³/mol. The summed E-state index contributed by atoms with van der Waals surface area (Å²) in [7, 11) is 0. The highest BCUT2D eigenvalue weighted by Gasteiger charge is 2.35. The molecule has 2 heterocycles. The summed E-state index contributed by atoms with van der Waals surface area (Å²) in [4.78, 5) is 19.5. The second-order valence-electron chi connectivity index (χ2n) is 7.81. The maximum absolute atomic E-state index is 13.6. The maximum atomic E-state index is 13.6. The summed E-state index contributed by atoms with van der Waals surface area (Å²) in [6.07, 6.45) is -1.19. The second-order valence-corrected chi connectivity index (χ2v) is 9.32. The number of nitriles is 1. The smallest absolute Gasteiger partial charge is 0.357 e. The lowest BCUT2D eigenvalue weighted by Gasteiger charge is -2.32. The molecule has 9 heteroatoms. The molecule has 32 heavy (non-hydrogen) atoms. The third-order valence-corrected chi connectivity index (χ3v) is 6.79. The van der Waals surface area contributed by atoms with Gasteiger partial charge in [0.25, 0.3) is 0 Å². The largest absolute Gasteiger partial charge is 0.418 e. The number of carbonyl (C=O) groups is 1. The van der Waals surface area contributed by atoms with Crippen LogP contribution in [0.5, 0.6) is 0 Å². The number of thioether (sulfide) groups is 1. The molecule has 170 valence electrons. The van der Waals surface area contributed by atoms with E-state index in [1.165, 1.54) is 24.0 Å². The van der Waals surface area contributed by atoms with Gasteiger partial charge in [0.1, 0.15) is 11.9 Å². The van der Waals surface area contributed by atoms with Crippen molar-refractivity contribution in [2.45, 2.75) is 49.4 Å². The lowest BCUT2D eigenvalue weighted by atomic mass is 9.95. The first-order valence-corrected chi connectivity index (χ1v) is 11.4. The van der Waals surface area contributed by atoms with Crippen LogP contribution < -0.4 is 10.2 Å². The fourth-order valence-corrected chi connectivity index (χ4v) is 4.46. The van der Waals surface area contributed by atoms with Crippen LogP contribution in [-0.4, -0.2) is 29.2 Å². The summed E-state index contributed by atoms with van der Waals surface area (Å²) < 4.78 is 40.9. The minimum atomic E-state index is -4.56. The highest BCUT2D eigenvalue weighted by Crippen LogP contribution is 2.39. The van der Waals surface area contributed by atoms with Gasteiger partial charge in [-0.05, 0) is 49.6 Å². The Kier molecular flexibility index (Phi) is 7.67. The van der Waals surface area contributed by atoms with Gasteiger partial charge in [-0.3, -0.25) is 4.79 Å². The molecule has 3 rings (SSSR count). The molecule has 1 fully saturated rings. The molecule has 1 aliphatic heterocycles. The van der Waals surface area contributed by atoms with Crippen LogP contribution >= 0.6 is 11.8 Å². The van der Waals surface area contributed by atoms with Gasteiger partial charge >= 0.3 is 6.18 Å². The minimum Gasteiger partial charge on any atom is -0.357 e. The number of alkyl halides is 3. The molecule has 1 aliphatic rings. The van der Waals surface area contributed by atoms with Crippen LogP contribution in [0.4, 0.5) is 24.7 Å². The predicted octanol–water partition coefficient (Wildman–Crippen LogP) is 5.72. The molecule has 1 atom stereocenters. The maximum Gasteiger partial charge on any atom is 0.418 e. The molecule has 0 aliphatic carbocycles.